The zero-order valence-electron chi connectivity index (χ0n) is 6.11. The molecule has 53 valence electrons. The van der Waals surface area contributed by atoms with Crippen LogP contribution in [0.15, 0.2) is 0 Å². The molecule has 0 aromatic rings. The molecule has 0 aliphatic heterocycles. The van der Waals surface area contributed by atoms with Crippen LogP contribution in [0.5, 0.6) is 0 Å². The maximum absolute atomic E-state index is 9.81. The zero-order valence-corrected chi connectivity index (χ0v) is 6.11. The Balaban J connectivity index is 3.28. The van der Waals surface area contributed by atoms with Gasteiger partial charge in [0.25, 0.3) is 0 Å². The van der Waals surface area contributed by atoms with Crippen LogP contribution in [-0.4, -0.2) is 12.5 Å². The molecule has 0 aliphatic rings. The molecule has 0 saturated carbocycles. The number of carbonyl (C=O) groups excluding carboxylic acids is 1. The second kappa shape index (κ2) is 5.60. The fourth-order valence-corrected chi connectivity index (χ4v) is 0.810. The van der Waals surface area contributed by atoms with Gasteiger partial charge in [-0.2, -0.15) is 0 Å². The van der Waals surface area contributed by atoms with Crippen LogP contribution in [0, 0.1) is 0 Å². The van der Waals surface area contributed by atoms with Crippen molar-refractivity contribution in [2.45, 2.75) is 39.2 Å². The normalized spacial score (nSPS) is 12.7. The van der Waals surface area contributed by atoms with Crippen molar-refractivity contribution in [1.82, 2.24) is 5.32 Å². The monoisotopic (exact) mass is 128 g/mol. The van der Waals surface area contributed by atoms with E-state index in [1.807, 2.05) is 0 Å². The van der Waals surface area contributed by atoms with Gasteiger partial charge in [-0.05, 0) is 12.8 Å². The van der Waals surface area contributed by atoms with Crippen molar-refractivity contribution < 1.29 is 4.79 Å². The summed E-state index contributed by atoms with van der Waals surface area (Å²) in [6.45, 7) is 4.17. The zero-order chi connectivity index (χ0) is 7.11. The second-order valence-electron chi connectivity index (χ2n) is 2.14. The van der Waals surface area contributed by atoms with Crippen LogP contribution in [0.25, 0.3) is 0 Å². The molecule has 0 aromatic carbocycles. The molecule has 0 bridgehead atoms. The molecule has 1 radical (unpaired) electrons. The Morgan fingerprint density at radius 3 is 2.56 bits per heavy atom. The van der Waals surface area contributed by atoms with Gasteiger partial charge in [0, 0.05) is 6.04 Å². The summed E-state index contributed by atoms with van der Waals surface area (Å²) in [5.41, 5.74) is 0. The first-order valence-electron chi connectivity index (χ1n) is 3.47. The Morgan fingerprint density at radius 1 is 1.56 bits per heavy atom. The minimum Gasteiger partial charge on any atom is -0.345 e. The van der Waals surface area contributed by atoms with Crippen molar-refractivity contribution in [2.24, 2.45) is 0 Å². The fourth-order valence-electron chi connectivity index (χ4n) is 0.810. The van der Waals surface area contributed by atoms with Gasteiger partial charge in [-0.25, -0.2) is 0 Å². The first kappa shape index (κ1) is 8.47. The van der Waals surface area contributed by atoms with Crippen molar-refractivity contribution in [1.29, 1.82) is 0 Å². The Bertz CT molecular complexity index is 73.3. The van der Waals surface area contributed by atoms with E-state index in [1.54, 1.807) is 6.41 Å². The van der Waals surface area contributed by atoms with Crippen molar-refractivity contribution in [3.8, 4) is 0 Å². The maximum Gasteiger partial charge on any atom is 0.309 e. The molecule has 0 fully saturated rings. The standard InChI is InChI=1S/C7H14NO/c1-3-5-7(4-2)8-6-9/h7H,3-5H2,1-2H3,(H,8,9). The molecule has 1 amide bonds. The average Bonchev–Trinajstić information content (AvgIpc) is 1.88. The Labute approximate surface area is 56.6 Å². The summed E-state index contributed by atoms with van der Waals surface area (Å²) in [5.74, 6) is 0. The van der Waals surface area contributed by atoms with E-state index in [0.717, 1.165) is 19.3 Å². The molecular weight excluding hydrogens is 114 g/mol. The van der Waals surface area contributed by atoms with Crippen molar-refractivity contribution in [3.63, 3.8) is 0 Å². The van der Waals surface area contributed by atoms with Crippen LogP contribution in [-0.2, 0) is 4.79 Å². The predicted octanol–water partition coefficient (Wildman–Crippen LogP) is 1.22. The van der Waals surface area contributed by atoms with E-state index in [0.29, 0.717) is 6.04 Å². The van der Waals surface area contributed by atoms with Crippen LogP contribution in [0.3, 0.4) is 0 Å². The van der Waals surface area contributed by atoms with Gasteiger partial charge in [-0.15, -0.1) is 0 Å². The van der Waals surface area contributed by atoms with Gasteiger partial charge in [0.2, 0.25) is 0 Å². The van der Waals surface area contributed by atoms with Gasteiger partial charge in [-0.1, -0.05) is 20.3 Å². The Morgan fingerprint density at radius 2 is 2.22 bits per heavy atom. The highest BCUT2D eigenvalue weighted by Gasteiger charge is 2.00. The Kier molecular flexibility index (Phi) is 5.27. The topological polar surface area (TPSA) is 29.1 Å². The third-order valence-corrected chi connectivity index (χ3v) is 1.39. The van der Waals surface area contributed by atoms with Gasteiger partial charge in [0.05, 0.1) is 0 Å². The third kappa shape index (κ3) is 4.01. The minimum atomic E-state index is 0.340. The molecule has 0 aromatic heterocycles. The lowest BCUT2D eigenvalue weighted by Gasteiger charge is -2.09. The van der Waals surface area contributed by atoms with E-state index in [4.69, 9.17) is 0 Å². The summed E-state index contributed by atoms with van der Waals surface area (Å²) in [5, 5.41) is 2.63. The molecule has 0 spiro atoms. The highest BCUT2D eigenvalue weighted by molar-refractivity contribution is 5.47. The molecule has 9 heavy (non-hydrogen) atoms. The molecule has 1 atom stereocenters. The summed E-state index contributed by atoms with van der Waals surface area (Å²) in [7, 11) is 0. The number of hydrogen-bond donors (Lipinski definition) is 1. The molecule has 1 unspecified atom stereocenters. The molecule has 2 nitrogen and oxygen atoms in total. The SMILES string of the molecule is CCCC(CC)N[C]=O. The van der Waals surface area contributed by atoms with Crippen LogP contribution in [0.4, 0.5) is 0 Å². The van der Waals surface area contributed by atoms with E-state index < -0.39 is 0 Å². The van der Waals surface area contributed by atoms with E-state index >= 15 is 0 Å². The lowest BCUT2D eigenvalue weighted by atomic mass is 10.1. The molecule has 0 rings (SSSR count). The summed E-state index contributed by atoms with van der Waals surface area (Å²) in [6.07, 6.45) is 4.89. The third-order valence-electron chi connectivity index (χ3n) is 1.39. The van der Waals surface area contributed by atoms with Crippen molar-refractivity contribution in [3.05, 3.63) is 0 Å². The number of rotatable bonds is 5. The molecule has 0 aliphatic carbocycles. The van der Waals surface area contributed by atoms with E-state index in [9.17, 15) is 4.79 Å². The van der Waals surface area contributed by atoms with Crippen molar-refractivity contribution >= 4 is 6.41 Å². The van der Waals surface area contributed by atoms with Crippen LogP contribution in [0.2, 0.25) is 0 Å². The number of amides is 1. The molecule has 0 saturated heterocycles. The lowest BCUT2D eigenvalue weighted by Crippen LogP contribution is -2.26. The highest BCUT2D eigenvalue weighted by Crippen LogP contribution is 1.98. The number of hydrogen-bond acceptors (Lipinski definition) is 1. The van der Waals surface area contributed by atoms with Gasteiger partial charge in [0.1, 0.15) is 0 Å². The first-order valence-corrected chi connectivity index (χ1v) is 3.47. The number of nitrogens with one attached hydrogen (secondary N) is 1. The quantitative estimate of drug-likeness (QED) is 0.554. The lowest BCUT2D eigenvalue weighted by molar-refractivity contribution is 0.490. The van der Waals surface area contributed by atoms with E-state index in [-0.39, 0.29) is 0 Å². The summed E-state index contributed by atoms with van der Waals surface area (Å²) in [4.78, 5) is 9.81. The van der Waals surface area contributed by atoms with Gasteiger partial charge in [-0.3, -0.25) is 4.79 Å². The van der Waals surface area contributed by atoms with E-state index in [2.05, 4.69) is 19.2 Å². The van der Waals surface area contributed by atoms with Gasteiger partial charge >= 0.3 is 6.41 Å². The molecular formula is C7H14NO. The average molecular weight is 128 g/mol. The summed E-state index contributed by atoms with van der Waals surface area (Å²) >= 11 is 0. The fraction of sp³-hybridized carbons (Fsp3) is 0.857. The Hall–Kier alpha value is -0.530. The maximum atomic E-state index is 9.81. The molecule has 1 N–H and O–H groups in total. The van der Waals surface area contributed by atoms with E-state index in [1.165, 1.54) is 0 Å². The van der Waals surface area contributed by atoms with Crippen LogP contribution < -0.4 is 5.32 Å². The summed E-state index contributed by atoms with van der Waals surface area (Å²) < 4.78 is 0. The first-order chi connectivity index (χ1) is 4.35. The second-order valence-corrected chi connectivity index (χ2v) is 2.14. The van der Waals surface area contributed by atoms with Crippen LogP contribution in [0.1, 0.15) is 33.1 Å². The van der Waals surface area contributed by atoms with Gasteiger partial charge in [0.15, 0.2) is 0 Å². The smallest absolute Gasteiger partial charge is 0.309 e. The molecule has 0 heterocycles. The van der Waals surface area contributed by atoms with Crippen molar-refractivity contribution in [2.75, 3.05) is 0 Å². The summed E-state index contributed by atoms with van der Waals surface area (Å²) in [6, 6.07) is 0.340. The highest BCUT2D eigenvalue weighted by atomic mass is 16.1. The minimum absolute atomic E-state index is 0.340. The van der Waals surface area contributed by atoms with Crippen LogP contribution >= 0.6 is 0 Å². The molecule has 2 heteroatoms. The van der Waals surface area contributed by atoms with Gasteiger partial charge < -0.3 is 5.32 Å². The largest absolute Gasteiger partial charge is 0.345 e. The predicted molar refractivity (Wildman–Crippen MR) is 37.8 cm³/mol.